The summed E-state index contributed by atoms with van der Waals surface area (Å²) in [4.78, 5) is 2.32. The number of rotatable bonds is 7. The van der Waals surface area contributed by atoms with E-state index < -0.39 is 0 Å². The molecule has 0 heterocycles. The minimum Gasteiger partial charge on any atom is -0.384 e. The predicted octanol–water partition coefficient (Wildman–Crippen LogP) is 4.00. The number of amidine groups is 1. The highest BCUT2D eigenvalue weighted by Gasteiger charge is 2.15. The van der Waals surface area contributed by atoms with Crippen LogP contribution in [-0.2, 0) is 0 Å². The maximum atomic E-state index is 7.74. The number of nitrogens with zero attached hydrogens (tertiary/aromatic N) is 1. The van der Waals surface area contributed by atoms with E-state index in [4.69, 9.17) is 11.1 Å². The number of halogens is 1. The van der Waals surface area contributed by atoms with Gasteiger partial charge in [0.15, 0.2) is 0 Å². The van der Waals surface area contributed by atoms with Crippen LogP contribution in [-0.4, -0.2) is 18.9 Å². The number of anilines is 1. The predicted molar refractivity (Wildman–Crippen MR) is 87.1 cm³/mol. The van der Waals surface area contributed by atoms with Gasteiger partial charge in [-0.25, -0.2) is 0 Å². The van der Waals surface area contributed by atoms with E-state index in [1.807, 2.05) is 18.2 Å². The van der Waals surface area contributed by atoms with Gasteiger partial charge in [-0.05, 0) is 31.0 Å². The van der Waals surface area contributed by atoms with E-state index in [-0.39, 0.29) is 5.84 Å². The molecule has 0 spiro atoms. The molecule has 0 radical (unpaired) electrons. The third-order valence-electron chi connectivity index (χ3n) is 3.60. The Bertz CT molecular complexity index is 427. The summed E-state index contributed by atoms with van der Waals surface area (Å²) < 4.78 is 0.958. The number of nitrogen functional groups attached to an aromatic ring is 1. The zero-order valence-corrected chi connectivity index (χ0v) is 13.6. The van der Waals surface area contributed by atoms with Crippen LogP contribution < -0.4 is 10.6 Å². The second kappa shape index (κ2) is 7.53. The van der Waals surface area contributed by atoms with E-state index in [0.717, 1.165) is 28.8 Å². The molecular formula is C15H24BrN3. The highest BCUT2D eigenvalue weighted by molar-refractivity contribution is 9.10. The molecule has 0 saturated carbocycles. The molecule has 1 aromatic carbocycles. The lowest BCUT2D eigenvalue weighted by atomic mass is 10.0. The summed E-state index contributed by atoms with van der Waals surface area (Å²) in [5, 5.41) is 7.74. The molecule has 0 amide bonds. The van der Waals surface area contributed by atoms with Crippen molar-refractivity contribution in [1.29, 1.82) is 5.41 Å². The Morgan fingerprint density at radius 1 is 1.32 bits per heavy atom. The largest absolute Gasteiger partial charge is 0.384 e. The molecule has 19 heavy (non-hydrogen) atoms. The van der Waals surface area contributed by atoms with Crippen LogP contribution in [0.3, 0.4) is 0 Å². The van der Waals surface area contributed by atoms with Crippen molar-refractivity contribution in [3.8, 4) is 0 Å². The molecule has 0 unspecified atom stereocenters. The number of hydrogen-bond acceptors (Lipinski definition) is 2. The van der Waals surface area contributed by atoms with Gasteiger partial charge in [-0.15, -0.1) is 0 Å². The zero-order valence-electron chi connectivity index (χ0n) is 12.0. The van der Waals surface area contributed by atoms with Gasteiger partial charge in [0.05, 0.1) is 0 Å². The van der Waals surface area contributed by atoms with Crippen LogP contribution in [0, 0.1) is 11.3 Å². The van der Waals surface area contributed by atoms with Crippen molar-refractivity contribution < 1.29 is 0 Å². The van der Waals surface area contributed by atoms with Crippen molar-refractivity contribution in [2.45, 2.75) is 33.6 Å². The summed E-state index contributed by atoms with van der Waals surface area (Å²) in [7, 11) is 0. The summed E-state index contributed by atoms with van der Waals surface area (Å²) in [5.74, 6) is 0.808. The van der Waals surface area contributed by atoms with Gasteiger partial charge >= 0.3 is 0 Å². The number of nitrogens with one attached hydrogen (secondary N) is 1. The molecule has 0 fully saturated rings. The lowest BCUT2D eigenvalue weighted by molar-refractivity contribution is 0.486. The molecule has 0 aliphatic carbocycles. The number of hydrogen-bond donors (Lipinski definition) is 2. The van der Waals surface area contributed by atoms with E-state index in [2.05, 4.69) is 41.6 Å². The smallest absolute Gasteiger partial charge is 0.124 e. The van der Waals surface area contributed by atoms with E-state index in [9.17, 15) is 0 Å². The minimum absolute atomic E-state index is 0.124. The zero-order chi connectivity index (χ0) is 14.4. The molecular weight excluding hydrogens is 302 g/mol. The molecule has 3 N–H and O–H groups in total. The summed E-state index contributed by atoms with van der Waals surface area (Å²) in [6.07, 6.45) is 2.36. The lowest BCUT2D eigenvalue weighted by Gasteiger charge is -2.29. The first-order chi connectivity index (χ1) is 9.03. The van der Waals surface area contributed by atoms with Gasteiger partial charge in [-0.2, -0.15) is 0 Å². The number of benzene rings is 1. The average Bonchev–Trinajstić information content (AvgIpc) is 2.40. The van der Waals surface area contributed by atoms with Crippen molar-refractivity contribution in [2.75, 3.05) is 18.0 Å². The van der Waals surface area contributed by atoms with Crippen molar-refractivity contribution >= 4 is 27.5 Å². The molecule has 106 valence electrons. The van der Waals surface area contributed by atoms with Crippen LogP contribution in [0.1, 0.15) is 39.2 Å². The molecule has 0 aliphatic heterocycles. The average molecular weight is 326 g/mol. The topological polar surface area (TPSA) is 53.1 Å². The van der Waals surface area contributed by atoms with Gasteiger partial charge in [0.1, 0.15) is 5.84 Å². The molecule has 0 saturated heterocycles. The fourth-order valence-corrected chi connectivity index (χ4v) is 2.62. The Kier molecular flexibility index (Phi) is 6.35. The molecule has 0 aromatic heterocycles. The fourth-order valence-electron chi connectivity index (χ4n) is 2.26. The highest BCUT2D eigenvalue weighted by Crippen LogP contribution is 2.26. The Hall–Kier alpha value is -1.03. The van der Waals surface area contributed by atoms with E-state index in [0.29, 0.717) is 5.92 Å². The minimum atomic E-state index is 0.124. The Balaban J connectivity index is 3.07. The summed E-state index contributed by atoms with van der Waals surface area (Å²) >= 11 is 3.44. The molecule has 1 rings (SSSR count). The van der Waals surface area contributed by atoms with Gasteiger partial charge in [-0.1, -0.05) is 42.6 Å². The van der Waals surface area contributed by atoms with Crippen LogP contribution in [0.25, 0.3) is 0 Å². The van der Waals surface area contributed by atoms with Crippen molar-refractivity contribution in [1.82, 2.24) is 0 Å². The van der Waals surface area contributed by atoms with E-state index in [1.165, 1.54) is 12.8 Å². The molecule has 3 nitrogen and oxygen atoms in total. The summed E-state index contributed by atoms with van der Waals surface area (Å²) in [6.45, 7) is 8.56. The van der Waals surface area contributed by atoms with Gasteiger partial charge in [-0.3, -0.25) is 5.41 Å². The maximum Gasteiger partial charge on any atom is 0.124 e. The standard InChI is InChI=1S/C15H24BrN3/c1-4-11(5-2)10-19(6-3)14-8-7-12(16)9-13(14)15(17)18/h7-9,11H,4-6,10H2,1-3H3,(H3,17,18). The van der Waals surface area contributed by atoms with E-state index in [1.54, 1.807) is 0 Å². The normalized spacial score (nSPS) is 10.8. The number of nitrogens with two attached hydrogens (primary N) is 1. The van der Waals surface area contributed by atoms with Crippen LogP contribution >= 0.6 is 15.9 Å². The monoisotopic (exact) mass is 325 g/mol. The summed E-state index contributed by atoms with van der Waals surface area (Å²) in [6, 6.07) is 5.98. The highest BCUT2D eigenvalue weighted by atomic mass is 79.9. The van der Waals surface area contributed by atoms with Crippen LogP contribution in [0.4, 0.5) is 5.69 Å². The first-order valence-corrected chi connectivity index (χ1v) is 7.71. The van der Waals surface area contributed by atoms with Crippen molar-refractivity contribution in [2.24, 2.45) is 11.7 Å². The Labute approximate surface area is 124 Å². The second-order valence-electron chi connectivity index (χ2n) is 4.80. The Morgan fingerprint density at radius 3 is 2.42 bits per heavy atom. The molecule has 0 bridgehead atoms. The third-order valence-corrected chi connectivity index (χ3v) is 4.10. The molecule has 0 atom stereocenters. The van der Waals surface area contributed by atoms with Crippen LogP contribution in [0.15, 0.2) is 22.7 Å². The first-order valence-electron chi connectivity index (χ1n) is 6.92. The second-order valence-corrected chi connectivity index (χ2v) is 5.71. The van der Waals surface area contributed by atoms with Crippen molar-refractivity contribution in [3.63, 3.8) is 0 Å². The SMILES string of the molecule is CCC(CC)CN(CC)c1ccc(Br)cc1C(=N)N. The first kappa shape index (κ1) is 16.0. The Morgan fingerprint density at radius 2 is 1.95 bits per heavy atom. The van der Waals surface area contributed by atoms with Gasteiger partial charge < -0.3 is 10.6 Å². The molecule has 4 heteroatoms. The van der Waals surface area contributed by atoms with Gasteiger partial charge in [0.25, 0.3) is 0 Å². The van der Waals surface area contributed by atoms with Gasteiger partial charge in [0.2, 0.25) is 0 Å². The quantitative estimate of drug-likeness (QED) is 0.588. The molecule has 0 aliphatic rings. The van der Waals surface area contributed by atoms with Crippen LogP contribution in [0.2, 0.25) is 0 Å². The molecule has 1 aromatic rings. The third kappa shape index (κ3) is 4.23. The fraction of sp³-hybridized carbons (Fsp3) is 0.533. The van der Waals surface area contributed by atoms with Crippen molar-refractivity contribution in [3.05, 3.63) is 28.2 Å². The maximum absolute atomic E-state index is 7.74. The van der Waals surface area contributed by atoms with E-state index >= 15 is 0 Å². The van der Waals surface area contributed by atoms with Gasteiger partial charge in [0, 0.05) is 28.8 Å². The van der Waals surface area contributed by atoms with Crippen LogP contribution in [0.5, 0.6) is 0 Å². The lowest BCUT2D eigenvalue weighted by Crippen LogP contribution is -2.31. The summed E-state index contributed by atoms with van der Waals surface area (Å²) in [5.41, 5.74) is 7.58.